The predicted molar refractivity (Wildman–Crippen MR) is 209 cm³/mol. The fraction of sp³-hybridized carbons (Fsp3) is 0.561. The molecular formula is C41H86. The van der Waals surface area contributed by atoms with E-state index in [2.05, 4.69) is 13.8 Å². The van der Waals surface area contributed by atoms with Crippen LogP contribution >= 0.6 is 0 Å². The van der Waals surface area contributed by atoms with Crippen molar-refractivity contribution in [3.8, 4) is 0 Å². The molecule has 0 spiro atoms. The summed E-state index contributed by atoms with van der Waals surface area (Å²) in [5, 5.41) is 0. The minimum Gasteiger partial charge on any atom is -0.0683 e. The third-order valence-corrected chi connectivity index (χ3v) is 2.00. The molecule has 250 valence electrons. The third kappa shape index (κ3) is 195. The molecule has 3 rings (SSSR count). The molecule has 3 aromatic rings. The Balaban J connectivity index is -0.0000000274. The fourth-order valence-corrected chi connectivity index (χ4v) is 1.15. The van der Waals surface area contributed by atoms with Crippen molar-refractivity contribution in [3.05, 3.63) is 109 Å². The molecule has 0 unspecified atom stereocenters. The number of rotatable bonds is 0. The molecule has 0 nitrogen and oxygen atoms in total. The SMILES string of the molecule is CC.CC.CC.CC.CC.CC.CC.CC.CC.CC.CCC.c1ccccc1.c1ccccc1.c1ccccc1. The number of hydrogen-bond acceptors (Lipinski definition) is 0. The molecule has 0 saturated heterocycles. The highest BCUT2D eigenvalue weighted by molar-refractivity contribution is 5.00. The van der Waals surface area contributed by atoms with E-state index in [4.69, 9.17) is 0 Å². The van der Waals surface area contributed by atoms with E-state index in [0.29, 0.717) is 0 Å². The van der Waals surface area contributed by atoms with Gasteiger partial charge in [-0.15, -0.1) is 0 Å². The van der Waals surface area contributed by atoms with Crippen molar-refractivity contribution < 1.29 is 0 Å². The molecule has 41 heavy (non-hydrogen) atoms. The van der Waals surface area contributed by atoms with Gasteiger partial charge in [-0.1, -0.05) is 268 Å². The summed E-state index contributed by atoms with van der Waals surface area (Å²) in [4.78, 5) is 0. The lowest BCUT2D eigenvalue weighted by atomic mass is 10.4. The van der Waals surface area contributed by atoms with Gasteiger partial charge in [-0.2, -0.15) is 0 Å². The standard InChI is InChI=1S/3C6H6.C3H8.10C2H6/c3*1-2-4-6-5-3-1;1-3-2;10*1-2/h3*1-6H;3H2,1-2H3;10*1-2H3. The van der Waals surface area contributed by atoms with Crippen molar-refractivity contribution in [2.24, 2.45) is 0 Å². The molecule has 0 heterocycles. The summed E-state index contributed by atoms with van der Waals surface area (Å²) in [5.41, 5.74) is 0. The van der Waals surface area contributed by atoms with E-state index < -0.39 is 0 Å². The summed E-state index contributed by atoms with van der Waals surface area (Å²) in [7, 11) is 0. The summed E-state index contributed by atoms with van der Waals surface area (Å²) >= 11 is 0. The molecule has 0 aliphatic heterocycles. The van der Waals surface area contributed by atoms with E-state index in [9.17, 15) is 0 Å². The Kier molecular flexibility index (Phi) is 319. The van der Waals surface area contributed by atoms with Crippen molar-refractivity contribution in [1.82, 2.24) is 0 Å². The maximum atomic E-state index is 2.12. The zero-order valence-corrected chi connectivity index (χ0v) is 33.1. The van der Waals surface area contributed by atoms with Gasteiger partial charge >= 0.3 is 0 Å². The Morgan fingerprint density at radius 3 is 0.220 bits per heavy atom. The van der Waals surface area contributed by atoms with Gasteiger partial charge in [0.05, 0.1) is 0 Å². The minimum absolute atomic E-state index is 1.25. The van der Waals surface area contributed by atoms with E-state index in [1.807, 2.05) is 248 Å². The van der Waals surface area contributed by atoms with Gasteiger partial charge in [-0.25, -0.2) is 0 Å². The van der Waals surface area contributed by atoms with E-state index in [0.717, 1.165) is 0 Å². The van der Waals surface area contributed by atoms with E-state index in [1.165, 1.54) is 6.42 Å². The fourth-order valence-electron chi connectivity index (χ4n) is 1.15. The first kappa shape index (κ1) is 71.7. The Morgan fingerprint density at radius 1 is 0.171 bits per heavy atom. The zero-order chi connectivity index (χ0) is 35.4. The first-order chi connectivity index (χ1) is 20.4. The van der Waals surface area contributed by atoms with Crippen LogP contribution in [0.2, 0.25) is 0 Å². The van der Waals surface area contributed by atoms with Crippen LogP contribution in [0, 0.1) is 0 Å². The second-order valence-corrected chi connectivity index (χ2v) is 4.17. The second kappa shape index (κ2) is 182. The summed E-state index contributed by atoms with van der Waals surface area (Å²) in [6, 6.07) is 36.0. The molecule has 0 fully saturated rings. The Bertz CT molecular complexity index is 305. The van der Waals surface area contributed by atoms with Crippen LogP contribution in [0.1, 0.15) is 159 Å². The van der Waals surface area contributed by atoms with Crippen molar-refractivity contribution in [1.29, 1.82) is 0 Å². The van der Waals surface area contributed by atoms with Crippen LogP contribution in [0.15, 0.2) is 109 Å². The highest BCUT2D eigenvalue weighted by Crippen LogP contribution is 1.81. The Morgan fingerprint density at radius 2 is 0.195 bits per heavy atom. The number of hydrogen-bond donors (Lipinski definition) is 0. The molecular weight excluding hydrogens is 492 g/mol. The van der Waals surface area contributed by atoms with Gasteiger partial charge in [-0.05, 0) is 0 Å². The van der Waals surface area contributed by atoms with Crippen molar-refractivity contribution in [3.63, 3.8) is 0 Å². The van der Waals surface area contributed by atoms with Crippen LogP contribution in [-0.4, -0.2) is 0 Å². The van der Waals surface area contributed by atoms with Gasteiger partial charge < -0.3 is 0 Å². The van der Waals surface area contributed by atoms with Crippen molar-refractivity contribution in [2.45, 2.75) is 159 Å². The highest BCUT2D eigenvalue weighted by atomic mass is 13.7. The van der Waals surface area contributed by atoms with Crippen LogP contribution in [-0.2, 0) is 0 Å². The van der Waals surface area contributed by atoms with Gasteiger partial charge in [0, 0.05) is 0 Å². The van der Waals surface area contributed by atoms with Crippen LogP contribution in [0.5, 0.6) is 0 Å². The van der Waals surface area contributed by atoms with Crippen molar-refractivity contribution >= 4 is 0 Å². The van der Waals surface area contributed by atoms with E-state index in [1.54, 1.807) is 0 Å². The summed E-state index contributed by atoms with van der Waals surface area (Å²) in [5.74, 6) is 0. The zero-order valence-electron chi connectivity index (χ0n) is 33.1. The maximum absolute atomic E-state index is 2.12. The molecule has 0 N–H and O–H groups in total. The topological polar surface area (TPSA) is 0 Å². The van der Waals surface area contributed by atoms with Crippen LogP contribution < -0.4 is 0 Å². The molecule has 0 aromatic heterocycles. The van der Waals surface area contributed by atoms with E-state index in [-0.39, 0.29) is 0 Å². The quantitative estimate of drug-likeness (QED) is 0.249. The molecule has 0 radical (unpaired) electrons. The highest BCUT2D eigenvalue weighted by Gasteiger charge is 1.59. The van der Waals surface area contributed by atoms with Gasteiger partial charge in [-0.3, -0.25) is 0 Å². The smallest absolute Gasteiger partial charge is 0.0590 e. The lowest BCUT2D eigenvalue weighted by molar-refractivity contribution is 1.09. The van der Waals surface area contributed by atoms with Crippen LogP contribution in [0.4, 0.5) is 0 Å². The molecule has 0 atom stereocenters. The third-order valence-electron chi connectivity index (χ3n) is 2.00. The lowest BCUT2D eigenvalue weighted by Gasteiger charge is -1.69. The molecule has 0 amide bonds. The summed E-state index contributed by atoms with van der Waals surface area (Å²) in [6.07, 6.45) is 1.25. The largest absolute Gasteiger partial charge is 0.0683 e. The average molecular weight is 579 g/mol. The van der Waals surface area contributed by atoms with E-state index >= 15 is 0 Å². The molecule has 0 heteroatoms. The van der Waals surface area contributed by atoms with Crippen molar-refractivity contribution in [2.75, 3.05) is 0 Å². The lowest BCUT2D eigenvalue weighted by Crippen LogP contribution is -1.47. The maximum Gasteiger partial charge on any atom is -0.0590 e. The number of benzene rings is 3. The summed E-state index contributed by atoms with van der Waals surface area (Å²) < 4.78 is 0. The minimum atomic E-state index is 1.25. The summed E-state index contributed by atoms with van der Waals surface area (Å²) in [6.45, 7) is 44.2. The molecule has 0 aliphatic rings. The molecule has 0 aliphatic carbocycles. The normalized spacial score (nSPS) is 5.41. The Hall–Kier alpha value is -2.34. The predicted octanol–water partition coefficient (Wildman–Crippen LogP) is 16.7. The average Bonchev–Trinajstić information content (AvgIpc) is 3.16. The van der Waals surface area contributed by atoms with Gasteiger partial charge in [0.2, 0.25) is 0 Å². The van der Waals surface area contributed by atoms with Gasteiger partial charge in [0.1, 0.15) is 0 Å². The monoisotopic (exact) mass is 579 g/mol. The van der Waals surface area contributed by atoms with Gasteiger partial charge in [0.15, 0.2) is 0 Å². The first-order valence-corrected chi connectivity index (χ1v) is 17.4. The van der Waals surface area contributed by atoms with Gasteiger partial charge in [0.25, 0.3) is 0 Å². The first-order valence-electron chi connectivity index (χ1n) is 17.4. The second-order valence-electron chi connectivity index (χ2n) is 4.17. The Labute approximate surface area is 267 Å². The van der Waals surface area contributed by atoms with Crippen LogP contribution in [0.25, 0.3) is 0 Å². The molecule has 0 bridgehead atoms. The van der Waals surface area contributed by atoms with Crippen LogP contribution in [0.3, 0.4) is 0 Å². The molecule has 3 aromatic carbocycles. The molecule has 0 saturated carbocycles.